The van der Waals surface area contributed by atoms with E-state index in [1.807, 2.05) is 6.92 Å². The average Bonchev–Trinajstić information content (AvgIpc) is 2.30. The van der Waals surface area contributed by atoms with Crippen LogP contribution >= 0.6 is 0 Å². The van der Waals surface area contributed by atoms with E-state index in [0.717, 1.165) is 25.5 Å². The lowest BCUT2D eigenvalue weighted by Gasteiger charge is -2.21. The molecule has 4 heteroatoms. The first-order chi connectivity index (χ1) is 7.74. The number of aromatic nitrogens is 2. The van der Waals surface area contributed by atoms with Gasteiger partial charge in [0.2, 0.25) is 0 Å². The predicted molar refractivity (Wildman–Crippen MR) is 64.0 cm³/mol. The van der Waals surface area contributed by atoms with Gasteiger partial charge in [0.1, 0.15) is 0 Å². The van der Waals surface area contributed by atoms with E-state index in [1.165, 1.54) is 0 Å². The summed E-state index contributed by atoms with van der Waals surface area (Å²) in [5, 5.41) is 3.44. The summed E-state index contributed by atoms with van der Waals surface area (Å²) in [5.74, 6) is 0.545. The maximum Gasteiger partial charge on any atom is 0.0724 e. The Kier molecular flexibility index (Phi) is 5.96. The largest absolute Gasteiger partial charge is 0.380 e. The molecule has 0 fully saturated rings. The van der Waals surface area contributed by atoms with E-state index in [2.05, 4.69) is 29.1 Å². The number of hydrogen-bond donors (Lipinski definition) is 1. The number of hydrogen-bond acceptors (Lipinski definition) is 4. The Bertz CT molecular complexity index is 277. The van der Waals surface area contributed by atoms with Crippen LogP contribution in [0.4, 0.5) is 0 Å². The fourth-order valence-corrected chi connectivity index (χ4v) is 1.39. The molecule has 0 saturated heterocycles. The molecule has 1 aromatic rings. The summed E-state index contributed by atoms with van der Waals surface area (Å²) in [6.45, 7) is 8.63. The highest BCUT2D eigenvalue weighted by atomic mass is 16.5. The average molecular weight is 223 g/mol. The normalized spacial score (nSPS) is 13.0. The highest BCUT2D eigenvalue weighted by molar-refractivity contribution is 4.94. The molecular formula is C12H21N3O. The van der Waals surface area contributed by atoms with Crippen molar-refractivity contribution in [1.29, 1.82) is 0 Å². The van der Waals surface area contributed by atoms with Gasteiger partial charge in [0, 0.05) is 37.8 Å². The van der Waals surface area contributed by atoms with Gasteiger partial charge in [-0.15, -0.1) is 0 Å². The van der Waals surface area contributed by atoms with Crippen molar-refractivity contribution in [2.24, 2.45) is 5.92 Å². The van der Waals surface area contributed by atoms with Gasteiger partial charge >= 0.3 is 0 Å². The molecule has 1 atom stereocenters. The van der Waals surface area contributed by atoms with Crippen LogP contribution in [0.3, 0.4) is 0 Å². The van der Waals surface area contributed by atoms with Crippen LogP contribution in [-0.2, 0) is 11.3 Å². The molecule has 0 amide bonds. The van der Waals surface area contributed by atoms with E-state index in [4.69, 9.17) is 4.74 Å². The third kappa shape index (κ3) is 4.68. The fourth-order valence-electron chi connectivity index (χ4n) is 1.39. The molecule has 1 unspecified atom stereocenters. The summed E-state index contributed by atoms with van der Waals surface area (Å²) in [5.41, 5.74) is 0.963. The zero-order valence-electron chi connectivity index (χ0n) is 10.3. The second-order valence-electron chi connectivity index (χ2n) is 4.09. The molecule has 0 aliphatic heterocycles. The van der Waals surface area contributed by atoms with E-state index in [1.54, 1.807) is 18.6 Å². The molecule has 0 aromatic carbocycles. The molecule has 1 aromatic heterocycles. The first-order valence-corrected chi connectivity index (χ1v) is 5.80. The molecule has 16 heavy (non-hydrogen) atoms. The van der Waals surface area contributed by atoms with E-state index in [-0.39, 0.29) is 0 Å². The molecular weight excluding hydrogens is 202 g/mol. The first kappa shape index (κ1) is 13.1. The van der Waals surface area contributed by atoms with Crippen LogP contribution in [0.25, 0.3) is 0 Å². The number of rotatable bonds is 7. The summed E-state index contributed by atoms with van der Waals surface area (Å²) in [6, 6.07) is 0.363. The maximum absolute atomic E-state index is 5.45. The quantitative estimate of drug-likeness (QED) is 0.763. The van der Waals surface area contributed by atoms with Crippen molar-refractivity contribution < 1.29 is 4.74 Å². The zero-order valence-corrected chi connectivity index (χ0v) is 10.3. The van der Waals surface area contributed by atoms with Crippen molar-refractivity contribution >= 4 is 0 Å². The van der Waals surface area contributed by atoms with Crippen LogP contribution in [0.5, 0.6) is 0 Å². The minimum Gasteiger partial charge on any atom is -0.380 e. The monoisotopic (exact) mass is 223 g/mol. The molecule has 90 valence electrons. The smallest absolute Gasteiger partial charge is 0.0724 e. The van der Waals surface area contributed by atoms with E-state index in [9.17, 15) is 0 Å². The van der Waals surface area contributed by atoms with Crippen LogP contribution < -0.4 is 5.32 Å². The second kappa shape index (κ2) is 7.30. The Labute approximate surface area is 97.5 Å². The standard InChI is InChI=1S/C12H21N3O/c1-4-16-9-12(10(2)3)15-8-11-7-13-5-6-14-11/h5-7,10,12,15H,4,8-9H2,1-3H3. The first-order valence-electron chi connectivity index (χ1n) is 5.80. The molecule has 0 bridgehead atoms. The summed E-state index contributed by atoms with van der Waals surface area (Å²) < 4.78 is 5.45. The van der Waals surface area contributed by atoms with Crippen molar-refractivity contribution in [3.8, 4) is 0 Å². The van der Waals surface area contributed by atoms with Gasteiger partial charge in [0.05, 0.1) is 12.3 Å². The minimum atomic E-state index is 0.363. The van der Waals surface area contributed by atoms with Gasteiger partial charge in [-0.2, -0.15) is 0 Å². The Morgan fingerprint density at radius 2 is 2.19 bits per heavy atom. The Morgan fingerprint density at radius 1 is 1.38 bits per heavy atom. The zero-order chi connectivity index (χ0) is 11.8. The Balaban J connectivity index is 2.38. The number of nitrogens with one attached hydrogen (secondary N) is 1. The summed E-state index contributed by atoms with van der Waals surface area (Å²) >= 11 is 0. The molecule has 0 spiro atoms. The molecule has 0 aliphatic rings. The van der Waals surface area contributed by atoms with Gasteiger partial charge in [0.25, 0.3) is 0 Å². The van der Waals surface area contributed by atoms with Crippen LogP contribution in [-0.4, -0.2) is 29.2 Å². The third-order valence-electron chi connectivity index (χ3n) is 2.47. The predicted octanol–water partition coefficient (Wildman–Crippen LogP) is 1.63. The lowest BCUT2D eigenvalue weighted by molar-refractivity contribution is 0.107. The SMILES string of the molecule is CCOCC(NCc1cnccn1)C(C)C. The van der Waals surface area contributed by atoms with Crippen molar-refractivity contribution in [3.63, 3.8) is 0 Å². The highest BCUT2D eigenvalue weighted by Crippen LogP contribution is 2.03. The minimum absolute atomic E-state index is 0.363. The summed E-state index contributed by atoms with van der Waals surface area (Å²) in [6.07, 6.45) is 5.18. The third-order valence-corrected chi connectivity index (χ3v) is 2.47. The van der Waals surface area contributed by atoms with Gasteiger partial charge in [-0.25, -0.2) is 0 Å². The molecule has 1 rings (SSSR count). The topological polar surface area (TPSA) is 47.0 Å². The van der Waals surface area contributed by atoms with Gasteiger partial charge in [-0.1, -0.05) is 13.8 Å². The summed E-state index contributed by atoms with van der Waals surface area (Å²) in [7, 11) is 0. The molecule has 1 N–H and O–H groups in total. The molecule has 4 nitrogen and oxygen atoms in total. The van der Waals surface area contributed by atoms with Crippen molar-refractivity contribution in [1.82, 2.24) is 15.3 Å². The van der Waals surface area contributed by atoms with Gasteiger partial charge in [0.15, 0.2) is 0 Å². The van der Waals surface area contributed by atoms with Crippen LogP contribution in [0, 0.1) is 5.92 Å². The molecule has 0 aliphatic carbocycles. The van der Waals surface area contributed by atoms with Gasteiger partial charge < -0.3 is 10.1 Å². The lowest BCUT2D eigenvalue weighted by atomic mass is 10.1. The van der Waals surface area contributed by atoms with Crippen LogP contribution in [0.2, 0.25) is 0 Å². The van der Waals surface area contributed by atoms with Gasteiger partial charge in [-0.05, 0) is 12.8 Å². The van der Waals surface area contributed by atoms with E-state index >= 15 is 0 Å². The maximum atomic E-state index is 5.45. The fraction of sp³-hybridized carbons (Fsp3) is 0.667. The lowest BCUT2D eigenvalue weighted by Crippen LogP contribution is -2.37. The second-order valence-corrected chi connectivity index (χ2v) is 4.09. The van der Waals surface area contributed by atoms with Crippen LogP contribution in [0.1, 0.15) is 26.5 Å². The molecule has 1 heterocycles. The highest BCUT2D eigenvalue weighted by Gasteiger charge is 2.12. The number of nitrogens with zero attached hydrogens (tertiary/aromatic N) is 2. The summed E-state index contributed by atoms with van der Waals surface area (Å²) in [4.78, 5) is 8.26. The number of ether oxygens (including phenoxy) is 1. The van der Waals surface area contributed by atoms with Gasteiger partial charge in [-0.3, -0.25) is 9.97 Å². The molecule has 0 saturated carbocycles. The Morgan fingerprint density at radius 3 is 2.75 bits per heavy atom. The van der Waals surface area contributed by atoms with Crippen molar-refractivity contribution in [2.75, 3.05) is 13.2 Å². The van der Waals surface area contributed by atoms with Crippen LogP contribution in [0.15, 0.2) is 18.6 Å². The van der Waals surface area contributed by atoms with Crippen molar-refractivity contribution in [2.45, 2.75) is 33.4 Å². The van der Waals surface area contributed by atoms with Crippen molar-refractivity contribution in [3.05, 3.63) is 24.3 Å². The van der Waals surface area contributed by atoms with E-state index in [0.29, 0.717) is 12.0 Å². The molecule has 0 radical (unpaired) electrons. The Hall–Kier alpha value is -1.00. The van der Waals surface area contributed by atoms with E-state index < -0.39 is 0 Å².